The lowest BCUT2D eigenvalue weighted by Crippen LogP contribution is -2.26. The number of rotatable bonds is 5. The Morgan fingerprint density at radius 1 is 0.929 bits per heavy atom. The molecule has 206 valence electrons. The van der Waals surface area contributed by atoms with Gasteiger partial charge in [0.2, 0.25) is 0 Å². The average molecular weight is 554 g/mol. The molecule has 0 atom stereocenters. The summed E-state index contributed by atoms with van der Waals surface area (Å²) in [5.74, 6) is 1.37. The van der Waals surface area contributed by atoms with Crippen molar-refractivity contribution in [1.29, 1.82) is 0 Å². The van der Waals surface area contributed by atoms with Gasteiger partial charge >= 0.3 is 6.03 Å². The van der Waals surface area contributed by atoms with Crippen LogP contribution in [0.2, 0.25) is 0 Å². The van der Waals surface area contributed by atoms with E-state index in [4.69, 9.17) is 4.42 Å². The predicted octanol–water partition coefficient (Wildman–Crippen LogP) is 6.92. The van der Waals surface area contributed by atoms with Crippen LogP contribution in [0.15, 0.2) is 102 Å². The molecule has 0 N–H and O–H groups in total. The number of aryl methyl sites for hydroxylation is 1. The molecule has 0 saturated heterocycles. The average Bonchev–Trinajstić information content (AvgIpc) is 3.70. The summed E-state index contributed by atoms with van der Waals surface area (Å²) in [6, 6.07) is 24.7. The standard InChI is InChI=1S/C34H27N5O3/c1-21-36-27-18-35-16-15-28(27)38(21)19-22-11-13-23(14-12-22)33(40)26-20-39(34(41)37(2)3)29-9-6-8-25(32(26)29)31-17-24-7-4-5-10-30(24)42-31/h4-18,20H,19H2,1-3H3. The monoisotopic (exact) mass is 553 g/mol. The lowest BCUT2D eigenvalue weighted by molar-refractivity contribution is 0.104. The molecule has 8 heteroatoms. The minimum Gasteiger partial charge on any atom is -0.456 e. The van der Waals surface area contributed by atoms with Gasteiger partial charge < -0.3 is 13.9 Å². The highest BCUT2D eigenvalue weighted by molar-refractivity contribution is 6.20. The number of para-hydroxylation sites is 1. The number of benzene rings is 3. The first-order chi connectivity index (χ1) is 20.4. The Labute approximate surface area is 241 Å². The Balaban J connectivity index is 1.31. The van der Waals surface area contributed by atoms with Crippen LogP contribution in [0.1, 0.15) is 27.3 Å². The zero-order valence-corrected chi connectivity index (χ0v) is 23.4. The van der Waals surface area contributed by atoms with E-state index in [1.807, 2.05) is 85.8 Å². The molecule has 3 aromatic carbocycles. The number of aromatic nitrogens is 4. The molecule has 4 heterocycles. The van der Waals surface area contributed by atoms with Crippen LogP contribution in [0.3, 0.4) is 0 Å². The Morgan fingerprint density at radius 2 is 1.74 bits per heavy atom. The summed E-state index contributed by atoms with van der Waals surface area (Å²) in [5, 5.41) is 1.64. The normalized spacial score (nSPS) is 11.5. The van der Waals surface area contributed by atoms with Crippen molar-refractivity contribution in [3.8, 4) is 11.3 Å². The van der Waals surface area contributed by atoms with Crippen LogP contribution < -0.4 is 0 Å². The van der Waals surface area contributed by atoms with Crippen LogP contribution in [-0.2, 0) is 6.54 Å². The molecule has 0 aliphatic rings. The fourth-order valence-electron chi connectivity index (χ4n) is 5.55. The van der Waals surface area contributed by atoms with E-state index in [2.05, 4.69) is 14.5 Å². The maximum Gasteiger partial charge on any atom is 0.328 e. The number of pyridine rings is 1. The second kappa shape index (κ2) is 9.85. The first-order valence-corrected chi connectivity index (χ1v) is 13.6. The highest BCUT2D eigenvalue weighted by atomic mass is 16.3. The summed E-state index contributed by atoms with van der Waals surface area (Å²) in [7, 11) is 3.39. The van der Waals surface area contributed by atoms with Gasteiger partial charge in [0.1, 0.15) is 22.7 Å². The van der Waals surface area contributed by atoms with E-state index < -0.39 is 0 Å². The molecular weight excluding hydrogens is 526 g/mol. The van der Waals surface area contributed by atoms with E-state index in [9.17, 15) is 9.59 Å². The third-order valence-electron chi connectivity index (χ3n) is 7.65. The Kier molecular flexibility index (Phi) is 5.97. The first kappa shape index (κ1) is 25.5. The zero-order valence-electron chi connectivity index (χ0n) is 23.4. The van der Waals surface area contributed by atoms with Crippen molar-refractivity contribution in [3.63, 3.8) is 0 Å². The molecule has 0 aliphatic carbocycles. The highest BCUT2D eigenvalue weighted by Gasteiger charge is 2.24. The van der Waals surface area contributed by atoms with E-state index >= 15 is 0 Å². The quantitative estimate of drug-likeness (QED) is 0.216. The lowest BCUT2D eigenvalue weighted by atomic mass is 9.97. The maximum atomic E-state index is 14.1. The minimum atomic E-state index is -0.241. The van der Waals surface area contributed by atoms with Gasteiger partial charge in [-0.3, -0.25) is 14.3 Å². The van der Waals surface area contributed by atoms with Crippen molar-refractivity contribution in [3.05, 3.63) is 120 Å². The zero-order chi connectivity index (χ0) is 29.0. The van der Waals surface area contributed by atoms with E-state index in [1.165, 1.54) is 9.47 Å². The molecule has 8 nitrogen and oxygen atoms in total. The van der Waals surface area contributed by atoms with Gasteiger partial charge in [0.15, 0.2) is 5.78 Å². The van der Waals surface area contributed by atoms with Crippen molar-refractivity contribution in [2.24, 2.45) is 0 Å². The van der Waals surface area contributed by atoms with Gasteiger partial charge in [0.25, 0.3) is 0 Å². The molecule has 0 aliphatic heterocycles. The van der Waals surface area contributed by atoms with Gasteiger partial charge in [0.05, 0.1) is 17.2 Å². The smallest absolute Gasteiger partial charge is 0.328 e. The third kappa shape index (κ3) is 4.16. The number of hydrogen-bond acceptors (Lipinski definition) is 5. The van der Waals surface area contributed by atoms with Crippen LogP contribution in [-0.4, -0.2) is 49.9 Å². The molecule has 0 spiro atoms. The topological polar surface area (TPSA) is 86.2 Å². The van der Waals surface area contributed by atoms with Gasteiger partial charge in [-0.25, -0.2) is 9.78 Å². The highest BCUT2D eigenvalue weighted by Crippen LogP contribution is 2.36. The van der Waals surface area contributed by atoms with Gasteiger partial charge in [0, 0.05) is 60.5 Å². The Bertz CT molecular complexity index is 2110. The number of amides is 1. The fourth-order valence-corrected chi connectivity index (χ4v) is 5.55. The number of hydrogen-bond donors (Lipinski definition) is 0. The van der Waals surface area contributed by atoms with E-state index in [1.54, 1.807) is 32.7 Å². The number of furan rings is 1. The van der Waals surface area contributed by atoms with Gasteiger partial charge in [-0.15, -0.1) is 0 Å². The van der Waals surface area contributed by atoms with E-state index in [0.717, 1.165) is 39.0 Å². The van der Waals surface area contributed by atoms with Crippen LogP contribution in [0.5, 0.6) is 0 Å². The molecule has 7 rings (SSSR count). The summed E-state index contributed by atoms with van der Waals surface area (Å²) in [6.07, 6.45) is 5.17. The summed E-state index contributed by atoms with van der Waals surface area (Å²) in [5.41, 5.74) is 6.03. The van der Waals surface area contributed by atoms with Crippen molar-refractivity contribution < 1.29 is 14.0 Å². The molecular formula is C34H27N5O3. The minimum absolute atomic E-state index is 0.171. The second-order valence-electron chi connectivity index (χ2n) is 10.6. The maximum absolute atomic E-state index is 14.1. The molecule has 0 saturated carbocycles. The number of carbonyl (C=O) groups excluding carboxylic acids is 2. The summed E-state index contributed by atoms with van der Waals surface area (Å²) in [6.45, 7) is 2.59. The number of carbonyl (C=O) groups is 2. The molecule has 1 amide bonds. The van der Waals surface area contributed by atoms with Crippen LogP contribution in [0, 0.1) is 6.92 Å². The van der Waals surface area contributed by atoms with Gasteiger partial charge in [-0.1, -0.05) is 54.6 Å². The van der Waals surface area contributed by atoms with Crippen LogP contribution in [0.4, 0.5) is 4.79 Å². The third-order valence-corrected chi connectivity index (χ3v) is 7.65. The molecule has 0 unspecified atom stereocenters. The van der Waals surface area contributed by atoms with E-state index in [0.29, 0.717) is 34.3 Å². The van der Waals surface area contributed by atoms with Crippen LogP contribution in [0.25, 0.3) is 44.2 Å². The first-order valence-electron chi connectivity index (χ1n) is 13.6. The largest absolute Gasteiger partial charge is 0.456 e. The van der Waals surface area contributed by atoms with Crippen molar-refractivity contribution in [2.75, 3.05) is 14.1 Å². The lowest BCUT2D eigenvalue weighted by Gasteiger charge is -2.11. The molecule has 0 fully saturated rings. The molecule has 4 aromatic heterocycles. The molecule has 0 bridgehead atoms. The van der Waals surface area contributed by atoms with Gasteiger partial charge in [-0.2, -0.15) is 0 Å². The Morgan fingerprint density at radius 3 is 2.52 bits per heavy atom. The second-order valence-corrected chi connectivity index (χ2v) is 10.6. The van der Waals surface area contributed by atoms with Gasteiger partial charge in [-0.05, 0) is 36.8 Å². The number of fused-ring (bicyclic) bond motifs is 3. The predicted molar refractivity (Wildman–Crippen MR) is 163 cm³/mol. The number of ketones is 1. The SMILES string of the molecule is Cc1nc2cnccc2n1Cc1ccc(C(=O)c2cn(C(=O)N(C)C)c3cccc(-c4cc5ccccc5o4)c23)cc1. The van der Waals surface area contributed by atoms with Crippen molar-refractivity contribution in [1.82, 2.24) is 24.0 Å². The molecule has 0 radical (unpaired) electrons. The number of imidazole rings is 1. The van der Waals surface area contributed by atoms with Crippen molar-refractivity contribution >= 4 is 44.7 Å². The fraction of sp³-hybridized carbons (Fsp3) is 0.118. The molecule has 42 heavy (non-hydrogen) atoms. The summed E-state index contributed by atoms with van der Waals surface area (Å²) < 4.78 is 9.86. The Hall–Kier alpha value is -5.50. The molecule has 7 aromatic rings. The van der Waals surface area contributed by atoms with Crippen LogP contribution >= 0.6 is 0 Å². The van der Waals surface area contributed by atoms with Crippen molar-refractivity contribution in [2.45, 2.75) is 13.5 Å². The van der Waals surface area contributed by atoms with E-state index in [-0.39, 0.29) is 11.8 Å². The summed E-state index contributed by atoms with van der Waals surface area (Å²) in [4.78, 5) is 37.5. The summed E-state index contributed by atoms with van der Waals surface area (Å²) >= 11 is 0. The number of nitrogens with zero attached hydrogens (tertiary/aromatic N) is 5.